The van der Waals surface area contributed by atoms with E-state index in [-0.39, 0.29) is 62.8 Å². The molecule has 310 valence electrons. The quantitative estimate of drug-likeness (QED) is 0.0317. The number of rotatable bonds is 22. The Morgan fingerprint density at radius 1 is 0.839 bits per heavy atom. The van der Waals surface area contributed by atoms with E-state index >= 15 is 0 Å². The highest BCUT2D eigenvalue weighted by atomic mass is 16.4. The van der Waals surface area contributed by atoms with E-state index in [2.05, 4.69) is 31.6 Å². The molecule has 6 amide bonds. The lowest BCUT2D eigenvalue weighted by molar-refractivity contribution is -0.145. The minimum absolute atomic E-state index is 0.0478. The van der Waals surface area contributed by atoms with Crippen molar-refractivity contribution in [3.63, 3.8) is 0 Å². The number of benzene rings is 1. The molecule has 14 N–H and O–H groups in total. The number of likely N-dealkylation sites (tertiary alicyclic amines) is 1. The van der Waals surface area contributed by atoms with Crippen molar-refractivity contribution >= 4 is 53.3 Å². The molecule has 0 aliphatic carbocycles. The molecule has 21 nitrogen and oxygen atoms in total. The number of carbonyl (C=O) groups is 8. The second-order valence-electron chi connectivity index (χ2n) is 13.8. The van der Waals surface area contributed by atoms with Gasteiger partial charge in [-0.3, -0.25) is 43.3 Å². The van der Waals surface area contributed by atoms with Gasteiger partial charge in [0.15, 0.2) is 5.96 Å². The topological polar surface area (TPSA) is 351 Å². The molecule has 1 heterocycles. The van der Waals surface area contributed by atoms with Crippen LogP contribution in [0.3, 0.4) is 0 Å². The van der Waals surface area contributed by atoms with Crippen LogP contribution in [0.1, 0.15) is 64.9 Å². The summed E-state index contributed by atoms with van der Waals surface area (Å²) in [5.41, 5.74) is 16.7. The lowest BCUT2D eigenvalue weighted by atomic mass is 10.0. The van der Waals surface area contributed by atoms with Gasteiger partial charge in [0.1, 0.15) is 42.0 Å². The van der Waals surface area contributed by atoms with Crippen LogP contribution in [-0.2, 0) is 44.8 Å². The number of amides is 6. The molecular weight excluding hydrogens is 736 g/mol. The summed E-state index contributed by atoms with van der Waals surface area (Å²) in [6.07, 6.45) is -0.316. The molecular formula is C35H54N10O11. The fourth-order valence-electron chi connectivity index (χ4n) is 5.87. The van der Waals surface area contributed by atoms with Crippen molar-refractivity contribution in [2.24, 2.45) is 28.1 Å². The van der Waals surface area contributed by atoms with Crippen molar-refractivity contribution < 1.29 is 53.7 Å². The van der Waals surface area contributed by atoms with Gasteiger partial charge < -0.3 is 64.0 Å². The molecule has 1 fully saturated rings. The number of carbonyl (C=O) groups excluding carboxylic acids is 6. The van der Waals surface area contributed by atoms with Crippen LogP contribution < -0.4 is 43.8 Å². The zero-order valence-corrected chi connectivity index (χ0v) is 31.7. The van der Waals surface area contributed by atoms with E-state index in [1.807, 2.05) is 13.8 Å². The Morgan fingerprint density at radius 2 is 1.43 bits per heavy atom. The fraction of sp³-hybridized carbons (Fsp3) is 0.571. The first-order valence-corrected chi connectivity index (χ1v) is 18.1. The summed E-state index contributed by atoms with van der Waals surface area (Å²) in [6, 6.07) is -2.34. The molecule has 1 aromatic carbocycles. The monoisotopic (exact) mass is 790 g/mol. The molecule has 6 atom stereocenters. The zero-order chi connectivity index (χ0) is 42.1. The van der Waals surface area contributed by atoms with Gasteiger partial charge in [0, 0.05) is 19.5 Å². The van der Waals surface area contributed by atoms with Crippen LogP contribution >= 0.6 is 0 Å². The van der Waals surface area contributed by atoms with E-state index in [4.69, 9.17) is 17.2 Å². The Hall–Kier alpha value is -5.99. The minimum Gasteiger partial charge on any atom is -0.508 e. The molecule has 1 aliphatic heterocycles. The second-order valence-corrected chi connectivity index (χ2v) is 13.8. The predicted octanol–water partition coefficient (Wildman–Crippen LogP) is -3.01. The SMILES string of the molecule is CC(C)C[C@H](NC(=O)CN)C(=O)N[C@@H](CCCN=C(N)N)C(=O)N[C@@H](CC(=O)O)C(=O)N[C@@H](Cc1ccc(O)cc1)C(=O)N1CCC[C@H]1C(=O)N[C@@H](C)C(=O)O. The van der Waals surface area contributed by atoms with Crippen molar-refractivity contribution in [2.45, 2.75) is 102 Å². The first-order chi connectivity index (χ1) is 26.3. The lowest BCUT2D eigenvalue weighted by Gasteiger charge is -2.30. The molecule has 0 unspecified atom stereocenters. The molecule has 21 heteroatoms. The highest BCUT2D eigenvalue weighted by Gasteiger charge is 2.40. The van der Waals surface area contributed by atoms with E-state index < -0.39 is 96.6 Å². The normalized spacial score (nSPS) is 16.3. The van der Waals surface area contributed by atoms with Crippen LogP contribution in [0.4, 0.5) is 0 Å². The number of nitrogens with zero attached hydrogens (tertiary/aromatic N) is 2. The van der Waals surface area contributed by atoms with E-state index in [9.17, 15) is 53.7 Å². The van der Waals surface area contributed by atoms with Gasteiger partial charge in [-0.15, -0.1) is 0 Å². The van der Waals surface area contributed by atoms with Crippen molar-refractivity contribution in [2.75, 3.05) is 19.6 Å². The first kappa shape index (κ1) is 46.2. The van der Waals surface area contributed by atoms with E-state index in [1.165, 1.54) is 36.1 Å². The number of nitrogens with two attached hydrogens (primary N) is 3. The van der Waals surface area contributed by atoms with Crippen molar-refractivity contribution in [3.05, 3.63) is 29.8 Å². The fourth-order valence-corrected chi connectivity index (χ4v) is 5.87. The summed E-state index contributed by atoms with van der Waals surface area (Å²) in [5, 5.41) is 41.0. The predicted molar refractivity (Wildman–Crippen MR) is 200 cm³/mol. The maximum Gasteiger partial charge on any atom is 0.325 e. The zero-order valence-electron chi connectivity index (χ0n) is 31.7. The molecule has 0 saturated carbocycles. The number of aliphatic carboxylic acids is 2. The number of carboxylic acids is 2. The van der Waals surface area contributed by atoms with E-state index in [0.717, 1.165) is 0 Å². The van der Waals surface area contributed by atoms with Crippen molar-refractivity contribution in [1.29, 1.82) is 0 Å². The number of hydrogen-bond acceptors (Lipinski definition) is 11. The summed E-state index contributed by atoms with van der Waals surface area (Å²) >= 11 is 0. The summed E-state index contributed by atoms with van der Waals surface area (Å²) in [5.74, 6) is -8.04. The molecule has 1 aromatic rings. The molecule has 56 heavy (non-hydrogen) atoms. The third kappa shape index (κ3) is 15.4. The maximum absolute atomic E-state index is 14.1. The van der Waals surface area contributed by atoms with Crippen LogP contribution in [0.2, 0.25) is 0 Å². The molecule has 0 aromatic heterocycles. The number of hydrogen-bond donors (Lipinski definition) is 11. The van der Waals surface area contributed by atoms with Crippen LogP contribution in [0, 0.1) is 5.92 Å². The summed E-state index contributed by atoms with van der Waals surface area (Å²) in [6.45, 7) is 4.60. The highest BCUT2D eigenvalue weighted by Crippen LogP contribution is 2.21. The minimum atomic E-state index is -1.79. The van der Waals surface area contributed by atoms with E-state index in [1.54, 1.807) is 0 Å². The number of phenols is 1. The largest absolute Gasteiger partial charge is 0.508 e. The molecule has 0 bridgehead atoms. The standard InChI is InChI=1S/C35H54N10O11/c1-18(2)14-23(41-27(47)17-36)30(51)42-22(6-4-12-39-35(37)38)29(50)43-24(16-28(48)49)31(52)44-25(15-20-8-10-21(46)11-9-20)33(54)45-13-5-7-26(45)32(53)40-19(3)34(55)56/h8-11,18-19,22-26,46H,4-7,12-17,36H2,1-3H3,(H,40,53)(H,41,47)(H,42,51)(H,43,50)(H,44,52)(H,48,49)(H,55,56)(H4,37,38,39)/t19-,22-,23-,24-,25-,26-/m0/s1. The molecule has 2 rings (SSSR count). The summed E-state index contributed by atoms with van der Waals surface area (Å²) in [7, 11) is 0. The third-order valence-corrected chi connectivity index (χ3v) is 8.69. The number of aliphatic imine (C=N–C) groups is 1. The summed E-state index contributed by atoms with van der Waals surface area (Å²) in [4.78, 5) is 109. The average Bonchev–Trinajstić information content (AvgIpc) is 3.62. The second kappa shape index (κ2) is 22.4. The van der Waals surface area contributed by atoms with Crippen molar-refractivity contribution in [1.82, 2.24) is 31.5 Å². The van der Waals surface area contributed by atoms with Gasteiger partial charge in [0.25, 0.3) is 0 Å². The molecule has 0 spiro atoms. The van der Waals surface area contributed by atoms with E-state index in [0.29, 0.717) is 12.0 Å². The van der Waals surface area contributed by atoms with Gasteiger partial charge in [-0.2, -0.15) is 0 Å². The molecule has 1 aliphatic rings. The van der Waals surface area contributed by atoms with Crippen LogP contribution in [0.5, 0.6) is 5.75 Å². The summed E-state index contributed by atoms with van der Waals surface area (Å²) < 4.78 is 0. The lowest BCUT2D eigenvalue weighted by Crippen LogP contribution is -2.60. The van der Waals surface area contributed by atoms with Gasteiger partial charge in [-0.1, -0.05) is 26.0 Å². The smallest absolute Gasteiger partial charge is 0.325 e. The average molecular weight is 791 g/mol. The van der Waals surface area contributed by atoms with Crippen LogP contribution in [0.25, 0.3) is 0 Å². The number of carboxylic acid groups (broad SMARTS) is 2. The highest BCUT2D eigenvalue weighted by molar-refractivity contribution is 5.98. The number of aromatic hydroxyl groups is 1. The number of guanidine groups is 1. The van der Waals surface area contributed by atoms with Crippen molar-refractivity contribution in [3.8, 4) is 5.75 Å². The molecule has 0 radical (unpaired) electrons. The molecule has 1 saturated heterocycles. The van der Waals surface area contributed by atoms with Gasteiger partial charge in [0.05, 0.1) is 13.0 Å². The van der Waals surface area contributed by atoms with Gasteiger partial charge in [-0.25, -0.2) is 0 Å². The Labute approximate surface area is 323 Å². The number of phenolic OH excluding ortho intramolecular Hbond substituents is 1. The first-order valence-electron chi connectivity index (χ1n) is 18.1. The number of nitrogens with one attached hydrogen (secondary N) is 5. The Kier molecular flexibility index (Phi) is 18.5. The Bertz CT molecular complexity index is 1600. The third-order valence-electron chi connectivity index (χ3n) is 8.69. The van der Waals surface area contributed by atoms with Gasteiger partial charge in [-0.05, 0) is 62.6 Å². The Balaban J connectivity index is 2.42. The maximum atomic E-state index is 14.1. The van der Waals surface area contributed by atoms with Crippen LogP contribution in [-0.4, -0.2) is 129 Å². The Morgan fingerprint density at radius 3 is 2.00 bits per heavy atom. The van der Waals surface area contributed by atoms with Crippen LogP contribution in [0.15, 0.2) is 29.3 Å². The van der Waals surface area contributed by atoms with Gasteiger partial charge in [0.2, 0.25) is 35.4 Å². The van der Waals surface area contributed by atoms with Gasteiger partial charge >= 0.3 is 11.9 Å².